The van der Waals surface area contributed by atoms with Crippen molar-refractivity contribution < 1.29 is 58.7 Å². The fourth-order valence-corrected chi connectivity index (χ4v) is 7.32. The van der Waals surface area contributed by atoms with Gasteiger partial charge in [-0.1, -0.05) is 69.1 Å². The van der Waals surface area contributed by atoms with Crippen molar-refractivity contribution in [1.29, 1.82) is 0 Å². The fourth-order valence-electron chi connectivity index (χ4n) is 5.52. The average molecular weight is 1650 g/mol. The van der Waals surface area contributed by atoms with Gasteiger partial charge in [-0.25, -0.2) is 26.4 Å². The molecule has 4 rings (SSSR count). The molecule has 0 radical (unpaired) electrons. The van der Waals surface area contributed by atoms with Crippen LogP contribution in [0.1, 0.15) is 97.7 Å². The van der Waals surface area contributed by atoms with E-state index >= 15 is 0 Å². The maximum absolute atomic E-state index is 12.6. The normalized spacial score (nSPS) is 13.2. The van der Waals surface area contributed by atoms with Gasteiger partial charge in [0.2, 0.25) is 11.8 Å². The van der Waals surface area contributed by atoms with Gasteiger partial charge in [-0.3, -0.25) is 18.7 Å². The van der Waals surface area contributed by atoms with Crippen molar-refractivity contribution in [3.63, 3.8) is 0 Å². The summed E-state index contributed by atoms with van der Waals surface area (Å²) >= 11 is 12.2. The van der Waals surface area contributed by atoms with E-state index in [1.807, 2.05) is 31.8 Å². The molecular formula is C42H61I6N6O8S2V-. The SMILES string of the molecule is C.C.C#Cc1cc2n(c1)C(=O)N(CC[C@](C)(C(=O)NC)S(C)(=O)=O)C2.CC#CCC.CCC#CC#Cc1cc2n(c1)C(=O)N(CC[C@](C)(C(=O)NC)S(C)(=O)=O)C2.CI.I[I-]I.[I][V][I]. The molecule has 2 aromatic heterocycles. The molecule has 23 heteroatoms. The van der Waals surface area contributed by atoms with Crippen molar-refractivity contribution in [2.45, 2.75) is 97.7 Å². The van der Waals surface area contributed by atoms with Crippen LogP contribution in [0.25, 0.3) is 0 Å². The molecule has 0 unspecified atom stereocenters. The maximum atomic E-state index is 12.6. The summed E-state index contributed by atoms with van der Waals surface area (Å²) in [6.45, 7) is 9.57. The predicted octanol–water partition coefficient (Wildman–Crippen LogP) is 5.46. The van der Waals surface area contributed by atoms with E-state index in [0.29, 0.717) is 46.9 Å². The van der Waals surface area contributed by atoms with Crippen LogP contribution in [0.5, 0.6) is 0 Å². The molecule has 0 bridgehead atoms. The molecule has 2 atom stereocenters. The molecule has 0 saturated heterocycles. The Bertz CT molecular complexity index is 2320. The second-order valence-electron chi connectivity index (χ2n) is 13.2. The molecule has 367 valence electrons. The monoisotopic (exact) mass is 1650 g/mol. The first-order valence-electron chi connectivity index (χ1n) is 18.4. The standard InChI is InChI=1S/C19H23N3O4S.C15H19N3O4S.C5H8.CH3I.2CH4.I3.2HI.V/c1-5-6-7-8-9-15-12-16-14-21(18(24)22(16)13-15)11-10-19(2,17(23)20-3)27(4,25)26;1-5-11-8-12-10-17(14(20)18(12)9-11)7-6-15(2,13(19)16-3)23(4,21)22;1-3-5-4-2;1-2;;;1-3-2;;;/h12-13H,5,10-11,14H2,1-4H3,(H,20,23);1,8-9H,6-7,10H2,2-4H3,(H,16,19);3H2,1-2H3;1H3;2*1H4;;2*1H;/q;;;;;;-1;;;+2/p-2/t19-;15-;;;;;;;;/m11......../s1. The molecule has 0 fully saturated rings. The van der Waals surface area contributed by atoms with Crippen molar-refractivity contribution in [3.8, 4) is 47.9 Å². The number of hydrogen-bond acceptors (Lipinski definition) is 8. The Morgan fingerprint density at radius 3 is 1.42 bits per heavy atom. The molecule has 0 saturated carbocycles. The van der Waals surface area contributed by atoms with Crippen molar-refractivity contribution in [3.05, 3.63) is 47.0 Å². The first-order valence-corrected chi connectivity index (χ1v) is 45.9. The second-order valence-corrected chi connectivity index (χ2v) is 46.1. The molecule has 65 heavy (non-hydrogen) atoms. The Labute approximate surface area is 462 Å². The van der Waals surface area contributed by atoms with Crippen molar-refractivity contribution >= 4 is 143 Å². The number of terminal acetylenes is 1. The van der Waals surface area contributed by atoms with Gasteiger partial charge >= 0.3 is 112 Å². The summed E-state index contributed by atoms with van der Waals surface area (Å²) in [7, 11) is -3.87. The number of halogens is 6. The molecule has 2 aliphatic heterocycles. The zero-order valence-electron chi connectivity index (χ0n) is 36.6. The summed E-state index contributed by atoms with van der Waals surface area (Å²) < 4.78 is 48.0. The van der Waals surface area contributed by atoms with E-state index in [-0.39, 0.29) is 52.8 Å². The summed E-state index contributed by atoms with van der Waals surface area (Å²) in [6.07, 6.45) is 12.3. The van der Waals surface area contributed by atoms with E-state index in [2.05, 4.69) is 152 Å². The van der Waals surface area contributed by atoms with Crippen molar-refractivity contribution in [2.75, 3.05) is 44.6 Å². The van der Waals surface area contributed by atoms with Crippen LogP contribution in [-0.4, -0.2) is 114 Å². The number of nitrogens with one attached hydrogen (secondary N) is 2. The van der Waals surface area contributed by atoms with Crippen LogP contribution in [0, 0.1) is 47.9 Å². The van der Waals surface area contributed by atoms with E-state index in [1.54, 1.807) is 18.5 Å². The van der Waals surface area contributed by atoms with Gasteiger partial charge in [0.05, 0.1) is 13.1 Å². The number of fused-ring (bicyclic) bond motifs is 2. The van der Waals surface area contributed by atoms with E-state index < -0.39 is 41.0 Å². The zero-order chi connectivity index (χ0) is 49.2. The molecule has 2 N–H and O–H groups in total. The van der Waals surface area contributed by atoms with Crippen LogP contribution in [-0.2, 0) is 51.8 Å². The minimum absolute atomic E-state index is 0. The molecule has 0 aliphatic carbocycles. The second kappa shape index (κ2) is 36.5. The Kier molecular flexibility index (Phi) is 39.9. The number of alkyl halides is 1. The quantitative estimate of drug-likeness (QED) is 0.179. The number of carbonyl (C=O) groups excluding carboxylic acids is 4. The molecule has 0 spiro atoms. The van der Waals surface area contributed by atoms with Crippen LogP contribution in [0.15, 0.2) is 24.5 Å². The first kappa shape index (κ1) is 71.1. The molecule has 2 aliphatic rings. The summed E-state index contributed by atoms with van der Waals surface area (Å²) in [5.41, 5.74) is 2.85. The third-order valence-electron chi connectivity index (χ3n) is 9.28. The van der Waals surface area contributed by atoms with Crippen LogP contribution in [0.2, 0.25) is 0 Å². The number of amides is 4. The van der Waals surface area contributed by atoms with Crippen LogP contribution >= 0.6 is 99.8 Å². The number of rotatable bonds is 10. The summed E-state index contributed by atoms with van der Waals surface area (Å²) in [6, 6.07) is 3.03. The predicted molar refractivity (Wildman–Crippen MR) is 301 cm³/mol. The molecular weight excluding hydrogens is 1590 g/mol. The Balaban J connectivity index is -0.000000444. The van der Waals surface area contributed by atoms with Crippen LogP contribution in [0.3, 0.4) is 0 Å². The minimum atomic E-state index is -3.65. The number of nitrogens with zero attached hydrogens (tertiary/aromatic N) is 4. The summed E-state index contributed by atoms with van der Waals surface area (Å²) in [5, 5.41) is 4.77. The van der Waals surface area contributed by atoms with Crippen LogP contribution in [0.4, 0.5) is 9.59 Å². The Morgan fingerprint density at radius 2 is 1.14 bits per heavy atom. The molecule has 14 nitrogen and oxygen atoms in total. The van der Waals surface area contributed by atoms with Gasteiger partial charge in [0.15, 0.2) is 19.7 Å². The number of carbonyl (C=O) groups is 4. The number of aromatic nitrogens is 2. The Hall–Kier alpha value is -0.456. The topological polar surface area (TPSA) is 177 Å². The van der Waals surface area contributed by atoms with Crippen LogP contribution < -0.4 is 23.9 Å². The zero-order valence-corrected chi connectivity index (χ0v) is 52.6. The molecule has 0 aromatic carbocycles. The van der Waals surface area contributed by atoms with Gasteiger partial charge in [0.1, 0.15) is 9.49 Å². The van der Waals surface area contributed by atoms with E-state index in [4.69, 9.17) is 6.42 Å². The number of hydrogen-bond donors (Lipinski definition) is 2. The van der Waals surface area contributed by atoms with E-state index in [0.717, 1.165) is 36.7 Å². The van der Waals surface area contributed by atoms with E-state index in [9.17, 15) is 36.0 Å². The van der Waals surface area contributed by atoms with Gasteiger partial charge in [-0.2, -0.15) is 0 Å². The third kappa shape index (κ3) is 22.4. The molecule has 4 heterocycles. The first-order chi connectivity index (χ1) is 29.5. The van der Waals surface area contributed by atoms with Gasteiger partial charge in [0, 0.05) is 87.4 Å². The van der Waals surface area contributed by atoms with Gasteiger partial charge in [0.25, 0.3) is 0 Å². The van der Waals surface area contributed by atoms with Crippen molar-refractivity contribution in [1.82, 2.24) is 29.6 Å². The number of sulfone groups is 2. The van der Waals surface area contributed by atoms with E-state index in [1.165, 1.54) is 46.9 Å². The average Bonchev–Trinajstić information content (AvgIpc) is 3.99. The third-order valence-corrected chi connectivity index (χ3v) is 13.3. The molecule has 4 amide bonds. The molecule has 2 aromatic rings. The van der Waals surface area contributed by atoms with Gasteiger partial charge in [-0.15, -0.1) is 18.3 Å². The summed E-state index contributed by atoms with van der Waals surface area (Å²) in [5.74, 6) is 18.1. The fraction of sp³-hybridized carbons (Fsp3) is 0.524. The van der Waals surface area contributed by atoms with Crippen molar-refractivity contribution in [2.24, 2.45) is 0 Å². The van der Waals surface area contributed by atoms with Gasteiger partial charge < -0.3 is 20.4 Å². The Morgan fingerprint density at radius 1 is 0.785 bits per heavy atom. The van der Waals surface area contributed by atoms with Gasteiger partial charge in [-0.05, 0) is 62.5 Å². The summed E-state index contributed by atoms with van der Waals surface area (Å²) in [4.78, 5) is 54.0.